The Hall–Kier alpha value is -1.59. The number of H-pyrrole nitrogens is 1. The van der Waals surface area contributed by atoms with Crippen molar-refractivity contribution in [1.82, 2.24) is 9.88 Å². The molecular formula is C13H17N3O2. The maximum absolute atomic E-state index is 11.1. The van der Waals surface area contributed by atoms with Crippen LogP contribution in [0.15, 0.2) is 27.4 Å². The van der Waals surface area contributed by atoms with Gasteiger partial charge in [0.05, 0.1) is 5.52 Å². The third-order valence-electron chi connectivity index (χ3n) is 3.41. The van der Waals surface area contributed by atoms with Crippen molar-refractivity contribution >= 4 is 11.1 Å². The maximum atomic E-state index is 11.1. The molecule has 0 unspecified atom stereocenters. The van der Waals surface area contributed by atoms with Crippen LogP contribution in [0.25, 0.3) is 11.1 Å². The molecule has 18 heavy (non-hydrogen) atoms. The second-order valence-corrected chi connectivity index (χ2v) is 5.38. The highest BCUT2D eigenvalue weighted by molar-refractivity contribution is 5.72. The van der Waals surface area contributed by atoms with Gasteiger partial charge in [0.15, 0.2) is 5.58 Å². The van der Waals surface area contributed by atoms with E-state index in [0.717, 1.165) is 37.0 Å². The first-order valence-electron chi connectivity index (χ1n) is 6.13. The second kappa shape index (κ2) is 3.96. The number of aromatic amines is 1. The van der Waals surface area contributed by atoms with Crippen LogP contribution >= 0.6 is 0 Å². The lowest BCUT2D eigenvalue weighted by Crippen LogP contribution is -2.36. The Kier molecular flexibility index (Phi) is 2.53. The van der Waals surface area contributed by atoms with Gasteiger partial charge in [0, 0.05) is 18.6 Å². The van der Waals surface area contributed by atoms with Crippen molar-refractivity contribution in [3.63, 3.8) is 0 Å². The van der Waals surface area contributed by atoms with Gasteiger partial charge in [-0.2, -0.15) is 0 Å². The van der Waals surface area contributed by atoms with Crippen molar-refractivity contribution in [2.45, 2.75) is 24.9 Å². The largest absolute Gasteiger partial charge is 0.417 e. The summed E-state index contributed by atoms with van der Waals surface area (Å²) in [6, 6.07) is 5.78. The van der Waals surface area contributed by atoms with Crippen LogP contribution in [0.5, 0.6) is 0 Å². The summed E-state index contributed by atoms with van der Waals surface area (Å²) in [5.41, 5.74) is 8.59. The summed E-state index contributed by atoms with van der Waals surface area (Å²) in [6.07, 6.45) is 2.23. The van der Waals surface area contributed by atoms with Gasteiger partial charge < -0.3 is 15.1 Å². The zero-order valence-electron chi connectivity index (χ0n) is 10.4. The number of nitrogens with zero attached hydrogens (tertiary/aromatic N) is 1. The van der Waals surface area contributed by atoms with Crippen LogP contribution in [0.2, 0.25) is 0 Å². The Balaban J connectivity index is 1.75. The molecule has 0 aliphatic heterocycles. The first-order chi connectivity index (χ1) is 8.54. The molecule has 1 aliphatic carbocycles. The molecule has 2 aromatic rings. The first kappa shape index (κ1) is 11.5. The molecule has 1 aliphatic rings. The lowest BCUT2D eigenvalue weighted by molar-refractivity contribution is 0.296. The van der Waals surface area contributed by atoms with E-state index in [2.05, 4.69) is 16.9 Å². The molecule has 3 N–H and O–H groups in total. The first-order valence-corrected chi connectivity index (χ1v) is 6.13. The number of nitrogens with one attached hydrogen (secondary N) is 1. The van der Waals surface area contributed by atoms with Crippen LogP contribution < -0.4 is 11.5 Å². The molecule has 1 aromatic carbocycles. The van der Waals surface area contributed by atoms with Crippen LogP contribution in [0, 0.1) is 0 Å². The van der Waals surface area contributed by atoms with Crippen molar-refractivity contribution in [3.05, 3.63) is 34.3 Å². The van der Waals surface area contributed by atoms with Crippen LogP contribution in [0.3, 0.4) is 0 Å². The third-order valence-corrected chi connectivity index (χ3v) is 3.41. The van der Waals surface area contributed by atoms with E-state index in [1.54, 1.807) is 0 Å². The Morgan fingerprint density at radius 1 is 1.50 bits per heavy atom. The van der Waals surface area contributed by atoms with Gasteiger partial charge in [-0.15, -0.1) is 0 Å². The standard InChI is InChI=1S/C13H17N3O2/c1-16(8-13(14)4-5-13)7-9-2-3-10-11(6-9)18-12(17)15-10/h2-3,6H,4-5,7-8,14H2,1H3,(H,15,17). The predicted octanol–water partition coefficient (Wildman–Crippen LogP) is 1.04. The van der Waals surface area contributed by atoms with Gasteiger partial charge in [0.2, 0.25) is 0 Å². The fourth-order valence-electron chi connectivity index (χ4n) is 2.31. The molecular weight excluding hydrogens is 230 g/mol. The Labute approximate surface area is 105 Å². The second-order valence-electron chi connectivity index (χ2n) is 5.38. The monoisotopic (exact) mass is 247 g/mol. The Morgan fingerprint density at radius 2 is 2.28 bits per heavy atom. The highest BCUT2D eigenvalue weighted by atomic mass is 16.4. The van der Waals surface area contributed by atoms with Crippen molar-refractivity contribution in [2.24, 2.45) is 5.73 Å². The number of nitrogens with two attached hydrogens (primary N) is 1. The lowest BCUT2D eigenvalue weighted by Gasteiger charge is -2.20. The number of likely N-dealkylation sites (N-methyl/N-ethyl adjacent to an activating group) is 1. The van der Waals surface area contributed by atoms with Crippen LogP contribution in [0.1, 0.15) is 18.4 Å². The molecule has 0 amide bonds. The van der Waals surface area contributed by atoms with Crippen LogP contribution in [-0.4, -0.2) is 29.0 Å². The van der Waals surface area contributed by atoms with Gasteiger partial charge in [-0.05, 0) is 37.6 Å². The molecule has 1 fully saturated rings. The molecule has 1 heterocycles. The summed E-state index contributed by atoms with van der Waals surface area (Å²) >= 11 is 0. The van der Waals surface area contributed by atoms with Gasteiger partial charge in [-0.3, -0.25) is 4.98 Å². The summed E-state index contributed by atoms with van der Waals surface area (Å²) in [7, 11) is 2.06. The molecule has 0 saturated heterocycles. The van der Waals surface area contributed by atoms with E-state index in [0.29, 0.717) is 5.58 Å². The van der Waals surface area contributed by atoms with Gasteiger partial charge in [-0.1, -0.05) is 6.07 Å². The summed E-state index contributed by atoms with van der Waals surface area (Å²) in [5.74, 6) is -0.408. The maximum Gasteiger partial charge on any atom is 0.417 e. The van der Waals surface area contributed by atoms with Crippen molar-refractivity contribution in [1.29, 1.82) is 0 Å². The number of hydrogen-bond donors (Lipinski definition) is 2. The van der Waals surface area contributed by atoms with E-state index in [-0.39, 0.29) is 5.54 Å². The van der Waals surface area contributed by atoms with Crippen molar-refractivity contribution in [3.8, 4) is 0 Å². The van der Waals surface area contributed by atoms with E-state index in [4.69, 9.17) is 10.2 Å². The quantitative estimate of drug-likeness (QED) is 0.846. The molecule has 5 nitrogen and oxygen atoms in total. The highest BCUT2D eigenvalue weighted by Crippen LogP contribution is 2.32. The molecule has 1 aromatic heterocycles. The van der Waals surface area contributed by atoms with E-state index < -0.39 is 5.76 Å². The molecule has 0 atom stereocenters. The number of hydrogen-bond acceptors (Lipinski definition) is 4. The summed E-state index contributed by atoms with van der Waals surface area (Å²) in [6.45, 7) is 1.71. The smallest absolute Gasteiger partial charge is 0.408 e. The molecule has 5 heteroatoms. The Bertz CT molecular complexity index is 624. The van der Waals surface area contributed by atoms with Gasteiger partial charge in [0.1, 0.15) is 0 Å². The number of rotatable bonds is 4. The predicted molar refractivity (Wildman–Crippen MR) is 69.3 cm³/mol. The van der Waals surface area contributed by atoms with Gasteiger partial charge in [-0.25, -0.2) is 4.79 Å². The normalized spacial score (nSPS) is 17.5. The minimum Gasteiger partial charge on any atom is -0.408 e. The highest BCUT2D eigenvalue weighted by Gasteiger charge is 2.38. The molecule has 0 spiro atoms. The van der Waals surface area contributed by atoms with Crippen molar-refractivity contribution < 1.29 is 4.42 Å². The van der Waals surface area contributed by atoms with E-state index >= 15 is 0 Å². The SMILES string of the molecule is CN(Cc1ccc2[nH]c(=O)oc2c1)CC1(N)CC1. The molecule has 1 saturated carbocycles. The molecule has 3 rings (SSSR count). The van der Waals surface area contributed by atoms with E-state index in [1.165, 1.54) is 0 Å². The zero-order chi connectivity index (χ0) is 12.8. The minimum atomic E-state index is -0.408. The minimum absolute atomic E-state index is 0.0273. The summed E-state index contributed by atoms with van der Waals surface area (Å²) < 4.78 is 5.05. The number of fused-ring (bicyclic) bond motifs is 1. The summed E-state index contributed by atoms with van der Waals surface area (Å²) in [4.78, 5) is 15.9. The van der Waals surface area contributed by atoms with Gasteiger partial charge >= 0.3 is 5.76 Å². The van der Waals surface area contributed by atoms with Crippen LogP contribution in [0.4, 0.5) is 0 Å². The number of benzene rings is 1. The molecule has 96 valence electrons. The topological polar surface area (TPSA) is 75.3 Å². The van der Waals surface area contributed by atoms with Gasteiger partial charge in [0.25, 0.3) is 0 Å². The third kappa shape index (κ3) is 2.32. The summed E-state index contributed by atoms with van der Waals surface area (Å²) in [5, 5.41) is 0. The van der Waals surface area contributed by atoms with Crippen LogP contribution in [-0.2, 0) is 6.54 Å². The average Bonchev–Trinajstić information content (AvgIpc) is 2.88. The van der Waals surface area contributed by atoms with Crippen molar-refractivity contribution in [2.75, 3.05) is 13.6 Å². The Morgan fingerprint density at radius 3 is 3.00 bits per heavy atom. The average molecular weight is 247 g/mol. The molecule has 0 radical (unpaired) electrons. The fraction of sp³-hybridized carbons (Fsp3) is 0.462. The molecule has 0 bridgehead atoms. The lowest BCUT2D eigenvalue weighted by atomic mass is 10.2. The van der Waals surface area contributed by atoms with E-state index in [9.17, 15) is 4.79 Å². The van der Waals surface area contributed by atoms with E-state index in [1.807, 2.05) is 18.2 Å². The fourth-order valence-corrected chi connectivity index (χ4v) is 2.31. The number of oxazole rings is 1. The zero-order valence-corrected chi connectivity index (χ0v) is 10.4. The number of aromatic nitrogens is 1.